The average molecular weight is 279 g/mol. The lowest BCUT2D eigenvalue weighted by atomic mass is 10.3. The number of carbonyl (C=O) groups excluding carboxylic acids is 1. The van der Waals surface area contributed by atoms with Crippen LogP contribution in [0.15, 0.2) is 0 Å². The van der Waals surface area contributed by atoms with Crippen LogP contribution in [-0.2, 0) is 14.8 Å². The summed E-state index contributed by atoms with van der Waals surface area (Å²) in [7, 11) is -3.48. The van der Waals surface area contributed by atoms with E-state index in [0.29, 0.717) is 19.6 Å². The molecule has 0 aliphatic rings. The molecule has 0 aromatic carbocycles. The summed E-state index contributed by atoms with van der Waals surface area (Å²) in [6.07, 6.45) is 0. The third-order valence-electron chi connectivity index (χ3n) is 2.57. The van der Waals surface area contributed by atoms with Gasteiger partial charge in [-0.1, -0.05) is 20.8 Å². The van der Waals surface area contributed by atoms with E-state index in [1.54, 1.807) is 13.8 Å². The number of carbonyl (C=O) groups is 1. The molecule has 108 valence electrons. The molecule has 2 N–H and O–H groups in total. The Morgan fingerprint density at radius 2 is 1.78 bits per heavy atom. The third kappa shape index (κ3) is 6.32. The smallest absolute Gasteiger partial charge is 0.236 e. The first-order valence-corrected chi connectivity index (χ1v) is 7.96. The summed E-state index contributed by atoms with van der Waals surface area (Å²) in [5.74, 6) is -0.931. The Morgan fingerprint density at radius 1 is 1.22 bits per heavy atom. The van der Waals surface area contributed by atoms with E-state index >= 15 is 0 Å². The van der Waals surface area contributed by atoms with Crippen molar-refractivity contribution in [2.24, 2.45) is 0 Å². The van der Waals surface area contributed by atoms with Gasteiger partial charge in [0, 0.05) is 25.7 Å². The molecule has 0 aliphatic carbocycles. The van der Waals surface area contributed by atoms with Crippen molar-refractivity contribution < 1.29 is 13.2 Å². The summed E-state index contributed by atoms with van der Waals surface area (Å²) in [6.45, 7) is 9.44. The molecule has 18 heavy (non-hydrogen) atoms. The number of nitrogens with one attached hydrogen (secondary N) is 2. The van der Waals surface area contributed by atoms with Gasteiger partial charge >= 0.3 is 0 Å². The quantitative estimate of drug-likeness (QED) is 0.611. The van der Waals surface area contributed by atoms with Crippen LogP contribution < -0.4 is 10.6 Å². The van der Waals surface area contributed by atoms with Gasteiger partial charge < -0.3 is 10.6 Å². The summed E-state index contributed by atoms with van der Waals surface area (Å²) in [5.41, 5.74) is 0. The van der Waals surface area contributed by atoms with Gasteiger partial charge in [0.05, 0.1) is 0 Å². The largest absolute Gasteiger partial charge is 0.354 e. The number of hydrogen-bond donors (Lipinski definition) is 2. The molecule has 0 rings (SSSR count). The Bertz CT molecular complexity index is 339. The van der Waals surface area contributed by atoms with Gasteiger partial charge in [0.2, 0.25) is 15.9 Å². The van der Waals surface area contributed by atoms with Crippen molar-refractivity contribution in [2.45, 2.75) is 33.7 Å². The lowest BCUT2D eigenvalue weighted by Crippen LogP contribution is -2.43. The lowest BCUT2D eigenvalue weighted by molar-refractivity contribution is -0.118. The van der Waals surface area contributed by atoms with Gasteiger partial charge in [0.25, 0.3) is 0 Å². The third-order valence-corrected chi connectivity index (χ3v) is 4.50. The summed E-state index contributed by atoms with van der Waals surface area (Å²) in [5, 5.41) is 5.75. The number of amides is 1. The highest BCUT2D eigenvalue weighted by Crippen LogP contribution is 2.00. The maximum absolute atomic E-state index is 11.8. The first-order valence-electron chi connectivity index (χ1n) is 6.35. The molecule has 1 amide bonds. The minimum Gasteiger partial charge on any atom is -0.354 e. The zero-order valence-electron chi connectivity index (χ0n) is 11.7. The number of sulfonamides is 1. The molecule has 0 saturated carbocycles. The summed E-state index contributed by atoms with van der Waals surface area (Å²) < 4.78 is 24.9. The van der Waals surface area contributed by atoms with Crippen LogP contribution in [0.5, 0.6) is 0 Å². The number of likely N-dealkylation sites (N-methyl/N-ethyl adjacent to an activating group) is 1. The van der Waals surface area contributed by atoms with Crippen LogP contribution in [0.1, 0.15) is 27.7 Å². The van der Waals surface area contributed by atoms with Crippen molar-refractivity contribution in [1.29, 1.82) is 0 Å². The van der Waals surface area contributed by atoms with E-state index in [-0.39, 0.29) is 6.04 Å². The molecule has 0 aliphatic heterocycles. The van der Waals surface area contributed by atoms with Crippen molar-refractivity contribution in [1.82, 2.24) is 14.9 Å². The molecule has 0 heterocycles. The van der Waals surface area contributed by atoms with E-state index in [4.69, 9.17) is 0 Å². The normalized spacial score (nSPS) is 13.6. The fraction of sp³-hybridized carbons (Fsp3) is 0.909. The molecule has 0 saturated heterocycles. The van der Waals surface area contributed by atoms with Crippen molar-refractivity contribution in [3.63, 3.8) is 0 Å². The molecule has 0 aromatic rings. The molecule has 0 radical (unpaired) electrons. The zero-order chi connectivity index (χ0) is 14.2. The van der Waals surface area contributed by atoms with Gasteiger partial charge in [-0.15, -0.1) is 0 Å². The van der Waals surface area contributed by atoms with Crippen LogP contribution in [0, 0.1) is 0 Å². The van der Waals surface area contributed by atoms with Crippen molar-refractivity contribution in [2.75, 3.05) is 31.9 Å². The van der Waals surface area contributed by atoms with Gasteiger partial charge in [-0.25, -0.2) is 12.7 Å². The van der Waals surface area contributed by atoms with Crippen LogP contribution in [0.25, 0.3) is 0 Å². The van der Waals surface area contributed by atoms with E-state index < -0.39 is 21.7 Å². The van der Waals surface area contributed by atoms with E-state index in [2.05, 4.69) is 10.6 Å². The maximum Gasteiger partial charge on any atom is 0.236 e. The Kier molecular flexibility index (Phi) is 8.13. The molecule has 0 unspecified atom stereocenters. The molecule has 0 spiro atoms. The predicted molar refractivity (Wildman–Crippen MR) is 72.9 cm³/mol. The van der Waals surface area contributed by atoms with Gasteiger partial charge in [-0.2, -0.15) is 0 Å². The second-order valence-corrected chi connectivity index (χ2v) is 6.07. The van der Waals surface area contributed by atoms with Gasteiger partial charge in [0.1, 0.15) is 5.75 Å². The van der Waals surface area contributed by atoms with Crippen LogP contribution in [-0.4, -0.2) is 56.6 Å². The highest BCUT2D eigenvalue weighted by molar-refractivity contribution is 7.89. The zero-order valence-corrected chi connectivity index (χ0v) is 12.5. The minimum absolute atomic E-state index is 0.134. The van der Waals surface area contributed by atoms with Gasteiger partial charge in [-0.3, -0.25) is 4.79 Å². The maximum atomic E-state index is 11.8. The first-order chi connectivity index (χ1) is 8.37. The molecular formula is C11H25N3O3S. The molecule has 0 bridgehead atoms. The van der Waals surface area contributed by atoms with E-state index in [1.807, 2.05) is 13.8 Å². The molecular weight excluding hydrogens is 254 g/mol. The number of rotatable bonds is 9. The van der Waals surface area contributed by atoms with Crippen LogP contribution in [0.3, 0.4) is 0 Å². The highest BCUT2D eigenvalue weighted by Gasteiger charge is 2.22. The van der Waals surface area contributed by atoms with E-state index in [1.165, 1.54) is 4.31 Å². The Labute approximate surface area is 110 Å². The Morgan fingerprint density at radius 3 is 2.22 bits per heavy atom. The first kappa shape index (κ1) is 17.3. The molecule has 0 fully saturated rings. The second kappa shape index (κ2) is 8.44. The summed E-state index contributed by atoms with van der Waals surface area (Å²) in [4.78, 5) is 11.6. The molecule has 0 aromatic heterocycles. The molecule has 1 atom stereocenters. The topological polar surface area (TPSA) is 78.5 Å². The minimum atomic E-state index is -3.48. The summed E-state index contributed by atoms with van der Waals surface area (Å²) in [6, 6.07) is 0.134. The van der Waals surface area contributed by atoms with Crippen LogP contribution >= 0.6 is 0 Å². The van der Waals surface area contributed by atoms with Crippen molar-refractivity contribution >= 4 is 15.9 Å². The van der Waals surface area contributed by atoms with E-state index in [0.717, 1.165) is 6.54 Å². The van der Waals surface area contributed by atoms with Crippen LogP contribution in [0.4, 0.5) is 0 Å². The summed E-state index contributed by atoms with van der Waals surface area (Å²) >= 11 is 0. The predicted octanol–water partition coefficient (Wildman–Crippen LogP) is -0.228. The molecule has 6 nitrogen and oxygen atoms in total. The number of nitrogens with zero attached hydrogens (tertiary/aromatic N) is 1. The highest BCUT2D eigenvalue weighted by atomic mass is 32.2. The fourth-order valence-electron chi connectivity index (χ4n) is 1.61. The molecule has 7 heteroatoms. The number of hydrogen-bond acceptors (Lipinski definition) is 4. The van der Waals surface area contributed by atoms with Gasteiger partial charge in [-0.05, 0) is 13.5 Å². The van der Waals surface area contributed by atoms with E-state index in [9.17, 15) is 13.2 Å². The lowest BCUT2D eigenvalue weighted by Gasteiger charge is -2.18. The standard InChI is InChI=1S/C11H25N3O3S/c1-5-12-10(4)8-13-11(15)9-18(16,17)14(6-2)7-3/h10,12H,5-9H2,1-4H3,(H,13,15)/t10-/m1/s1. The van der Waals surface area contributed by atoms with Crippen molar-refractivity contribution in [3.05, 3.63) is 0 Å². The monoisotopic (exact) mass is 279 g/mol. The second-order valence-electron chi connectivity index (χ2n) is 4.10. The van der Waals surface area contributed by atoms with Gasteiger partial charge in [0.15, 0.2) is 0 Å². The van der Waals surface area contributed by atoms with Crippen LogP contribution in [0.2, 0.25) is 0 Å². The SMILES string of the molecule is CCN[C@H](C)CNC(=O)CS(=O)(=O)N(CC)CC. The average Bonchev–Trinajstić information content (AvgIpc) is 2.27. The Balaban J connectivity index is 4.23. The van der Waals surface area contributed by atoms with Crippen molar-refractivity contribution in [3.8, 4) is 0 Å². The fourth-order valence-corrected chi connectivity index (χ4v) is 3.02. The Hall–Kier alpha value is -0.660.